The maximum Gasteiger partial charge on any atom is 0.110 e. The first-order chi connectivity index (χ1) is 8.81. The number of imidazole rings is 1. The Kier molecular flexibility index (Phi) is 2.31. The lowest BCUT2D eigenvalue weighted by atomic mass is 10.1. The average Bonchev–Trinajstić information content (AvgIpc) is 2.83. The molecule has 0 amide bonds. The molecule has 0 aliphatic rings. The molecule has 2 aromatic heterocycles. The Morgan fingerprint density at radius 3 is 2.78 bits per heavy atom. The first-order valence-corrected chi connectivity index (χ1v) is 5.59. The van der Waals surface area contributed by atoms with Crippen LogP contribution in [-0.4, -0.2) is 14.5 Å². The number of aromatic nitrogens is 3. The Hall–Kier alpha value is -2.67. The van der Waals surface area contributed by atoms with E-state index in [4.69, 9.17) is 0 Å². The normalized spacial score (nSPS) is 10.4. The molecule has 0 spiro atoms. The van der Waals surface area contributed by atoms with Crippen molar-refractivity contribution in [3.63, 3.8) is 0 Å². The largest absolute Gasteiger partial charge is 0.302 e. The lowest BCUT2D eigenvalue weighted by Gasteiger charge is -2.10. The molecule has 0 radical (unpaired) electrons. The minimum Gasteiger partial charge on any atom is -0.302 e. The van der Waals surface area contributed by atoms with Crippen LogP contribution in [0.2, 0.25) is 0 Å². The van der Waals surface area contributed by atoms with Crippen LogP contribution in [0, 0.1) is 18.3 Å². The summed E-state index contributed by atoms with van der Waals surface area (Å²) in [4.78, 5) is 8.50. The number of benzene rings is 1. The van der Waals surface area contributed by atoms with Gasteiger partial charge in [-0.15, -0.1) is 0 Å². The summed E-state index contributed by atoms with van der Waals surface area (Å²) in [6.07, 6.45) is 5.20. The Bertz CT molecular complexity index is 765. The van der Waals surface area contributed by atoms with Crippen molar-refractivity contribution >= 4 is 10.9 Å². The van der Waals surface area contributed by atoms with Crippen molar-refractivity contribution in [1.82, 2.24) is 14.5 Å². The second-order valence-electron chi connectivity index (χ2n) is 3.99. The standard InChI is InChI=1S/C14H10N4/c1-10-16-6-7-18(10)14-11(8-15)9-17-13-5-3-2-4-12(13)14/h2-7,9H,1H3. The van der Waals surface area contributed by atoms with Crippen LogP contribution < -0.4 is 0 Å². The highest BCUT2D eigenvalue weighted by Crippen LogP contribution is 2.24. The third-order valence-electron chi connectivity index (χ3n) is 2.93. The molecule has 0 unspecified atom stereocenters. The van der Waals surface area contributed by atoms with E-state index in [1.165, 1.54) is 0 Å². The van der Waals surface area contributed by atoms with Gasteiger partial charge in [0, 0.05) is 24.0 Å². The van der Waals surface area contributed by atoms with Crippen LogP contribution in [-0.2, 0) is 0 Å². The van der Waals surface area contributed by atoms with E-state index in [-0.39, 0.29) is 0 Å². The zero-order valence-electron chi connectivity index (χ0n) is 9.83. The van der Waals surface area contributed by atoms with E-state index < -0.39 is 0 Å². The molecule has 0 saturated carbocycles. The van der Waals surface area contributed by atoms with Gasteiger partial charge in [-0.3, -0.25) is 4.98 Å². The Morgan fingerprint density at radius 2 is 2.06 bits per heavy atom. The first-order valence-electron chi connectivity index (χ1n) is 5.59. The molecular weight excluding hydrogens is 224 g/mol. The second-order valence-corrected chi connectivity index (χ2v) is 3.99. The zero-order chi connectivity index (χ0) is 12.5. The van der Waals surface area contributed by atoms with Crippen molar-refractivity contribution in [2.75, 3.05) is 0 Å². The van der Waals surface area contributed by atoms with Gasteiger partial charge in [0.15, 0.2) is 0 Å². The van der Waals surface area contributed by atoms with Crippen molar-refractivity contribution in [3.8, 4) is 11.8 Å². The molecule has 0 fully saturated rings. The van der Waals surface area contributed by atoms with Gasteiger partial charge in [0.05, 0.1) is 16.8 Å². The summed E-state index contributed by atoms with van der Waals surface area (Å²) in [5.41, 5.74) is 2.27. The number of aryl methyl sites for hydroxylation is 1. The van der Waals surface area contributed by atoms with Crippen LogP contribution in [0.25, 0.3) is 16.6 Å². The fourth-order valence-corrected chi connectivity index (χ4v) is 2.08. The van der Waals surface area contributed by atoms with Gasteiger partial charge in [0.2, 0.25) is 0 Å². The number of hydrogen-bond acceptors (Lipinski definition) is 3. The van der Waals surface area contributed by atoms with Gasteiger partial charge in [-0.2, -0.15) is 5.26 Å². The van der Waals surface area contributed by atoms with Crippen LogP contribution in [0.15, 0.2) is 42.9 Å². The Balaban J connectivity index is 2.46. The van der Waals surface area contributed by atoms with E-state index >= 15 is 0 Å². The average molecular weight is 234 g/mol. The number of hydrogen-bond donors (Lipinski definition) is 0. The van der Waals surface area contributed by atoms with Gasteiger partial charge in [-0.25, -0.2) is 4.98 Å². The molecule has 3 aromatic rings. The summed E-state index contributed by atoms with van der Waals surface area (Å²) in [6.45, 7) is 1.91. The van der Waals surface area contributed by atoms with Crippen LogP contribution in [0.5, 0.6) is 0 Å². The van der Waals surface area contributed by atoms with Gasteiger partial charge < -0.3 is 4.57 Å². The molecule has 4 heteroatoms. The van der Waals surface area contributed by atoms with E-state index in [1.54, 1.807) is 12.4 Å². The number of nitrogens with zero attached hydrogens (tertiary/aromatic N) is 4. The van der Waals surface area contributed by atoms with Gasteiger partial charge in [-0.1, -0.05) is 18.2 Å². The Labute approximate surface area is 104 Å². The summed E-state index contributed by atoms with van der Waals surface area (Å²) < 4.78 is 1.92. The highest BCUT2D eigenvalue weighted by molar-refractivity contribution is 5.89. The third kappa shape index (κ3) is 1.45. The van der Waals surface area contributed by atoms with E-state index in [2.05, 4.69) is 16.0 Å². The minimum absolute atomic E-state index is 0.551. The molecule has 0 aliphatic heterocycles. The predicted molar refractivity (Wildman–Crippen MR) is 68.3 cm³/mol. The number of para-hydroxylation sites is 1. The molecule has 18 heavy (non-hydrogen) atoms. The maximum atomic E-state index is 9.24. The van der Waals surface area contributed by atoms with Crippen molar-refractivity contribution < 1.29 is 0 Å². The van der Waals surface area contributed by atoms with E-state index in [1.807, 2.05) is 42.0 Å². The number of pyridine rings is 1. The van der Waals surface area contributed by atoms with Gasteiger partial charge >= 0.3 is 0 Å². The molecule has 0 aliphatic carbocycles. The molecule has 0 N–H and O–H groups in total. The highest BCUT2D eigenvalue weighted by Gasteiger charge is 2.11. The monoisotopic (exact) mass is 234 g/mol. The molecule has 1 aromatic carbocycles. The van der Waals surface area contributed by atoms with Gasteiger partial charge in [-0.05, 0) is 13.0 Å². The number of rotatable bonds is 1. The lowest BCUT2D eigenvalue weighted by molar-refractivity contribution is 0.976. The summed E-state index contributed by atoms with van der Waals surface area (Å²) in [5, 5.41) is 10.2. The molecule has 0 atom stereocenters. The van der Waals surface area contributed by atoms with Crippen LogP contribution >= 0.6 is 0 Å². The molecule has 3 rings (SSSR count). The Morgan fingerprint density at radius 1 is 1.22 bits per heavy atom. The summed E-state index contributed by atoms with van der Waals surface area (Å²) in [5.74, 6) is 0.850. The smallest absolute Gasteiger partial charge is 0.110 e. The SMILES string of the molecule is Cc1nccn1-c1c(C#N)cnc2ccccc12. The summed E-state index contributed by atoms with van der Waals surface area (Å²) in [7, 11) is 0. The molecular formula is C14H10N4. The molecule has 0 bridgehead atoms. The zero-order valence-corrected chi connectivity index (χ0v) is 9.83. The second kappa shape index (κ2) is 3.97. The van der Waals surface area contributed by atoms with Crippen LogP contribution in [0.4, 0.5) is 0 Å². The third-order valence-corrected chi connectivity index (χ3v) is 2.93. The minimum atomic E-state index is 0.551. The van der Waals surface area contributed by atoms with E-state index in [9.17, 15) is 5.26 Å². The molecule has 86 valence electrons. The first kappa shape index (κ1) is 10.5. The summed E-state index contributed by atoms with van der Waals surface area (Å²) in [6, 6.07) is 9.98. The number of fused-ring (bicyclic) bond motifs is 1. The van der Waals surface area contributed by atoms with E-state index in [0.29, 0.717) is 5.56 Å². The van der Waals surface area contributed by atoms with Crippen LogP contribution in [0.1, 0.15) is 11.4 Å². The van der Waals surface area contributed by atoms with Crippen molar-refractivity contribution in [2.24, 2.45) is 0 Å². The van der Waals surface area contributed by atoms with Gasteiger partial charge in [0.25, 0.3) is 0 Å². The fraction of sp³-hybridized carbons (Fsp3) is 0.0714. The fourth-order valence-electron chi connectivity index (χ4n) is 2.08. The summed E-state index contributed by atoms with van der Waals surface area (Å²) >= 11 is 0. The van der Waals surface area contributed by atoms with Crippen molar-refractivity contribution in [1.29, 1.82) is 5.26 Å². The predicted octanol–water partition coefficient (Wildman–Crippen LogP) is 2.60. The molecule has 4 nitrogen and oxygen atoms in total. The topological polar surface area (TPSA) is 54.5 Å². The molecule has 0 saturated heterocycles. The lowest BCUT2D eigenvalue weighted by Crippen LogP contribution is -2.01. The van der Waals surface area contributed by atoms with Crippen LogP contribution in [0.3, 0.4) is 0 Å². The quantitative estimate of drug-likeness (QED) is 0.650. The molecule has 2 heterocycles. The number of nitriles is 1. The van der Waals surface area contributed by atoms with Crippen molar-refractivity contribution in [3.05, 3.63) is 54.2 Å². The maximum absolute atomic E-state index is 9.24. The highest BCUT2D eigenvalue weighted by atomic mass is 15.1. The van der Waals surface area contributed by atoms with Gasteiger partial charge in [0.1, 0.15) is 11.9 Å². The van der Waals surface area contributed by atoms with Crippen molar-refractivity contribution in [2.45, 2.75) is 6.92 Å². The van der Waals surface area contributed by atoms with E-state index in [0.717, 1.165) is 22.4 Å².